The Morgan fingerprint density at radius 2 is 2.35 bits per heavy atom. The minimum atomic E-state index is 0.112. The van der Waals surface area contributed by atoms with Gasteiger partial charge in [0.15, 0.2) is 5.82 Å². The number of tetrazole rings is 1. The molecule has 0 spiro atoms. The summed E-state index contributed by atoms with van der Waals surface area (Å²) in [5, 5.41) is 23.1. The Morgan fingerprint density at radius 1 is 1.39 bits per heavy atom. The number of anilines is 1. The molecule has 9 nitrogen and oxygen atoms in total. The van der Waals surface area contributed by atoms with Gasteiger partial charge in [0.2, 0.25) is 0 Å². The van der Waals surface area contributed by atoms with Crippen LogP contribution in [0.15, 0.2) is 18.3 Å². The lowest BCUT2D eigenvalue weighted by molar-refractivity contribution is -0.0252. The molecule has 1 aliphatic heterocycles. The van der Waals surface area contributed by atoms with Gasteiger partial charge >= 0.3 is 0 Å². The molecule has 2 aromatic rings. The zero-order valence-corrected chi connectivity index (χ0v) is 13.3. The molecule has 0 bridgehead atoms. The number of hydrogen-bond donors (Lipinski definition) is 1. The SMILES string of the molecule is CCCn1nnnc1CN1CCO[C@H](CNc2cccnn2)C1. The fourth-order valence-corrected chi connectivity index (χ4v) is 2.58. The molecular formula is C14H22N8O. The molecule has 0 aromatic carbocycles. The monoisotopic (exact) mass is 318 g/mol. The number of morpholine rings is 1. The van der Waals surface area contributed by atoms with E-state index in [1.54, 1.807) is 6.20 Å². The third-order valence-corrected chi connectivity index (χ3v) is 3.71. The Bertz CT molecular complexity index is 589. The van der Waals surface area contributed by atoms with E-state index in [0.29, 0.717) is 13.2 Å². The molecule has 1 N–H and O–H groups in total. The van der Waals surface area contributed by atoms with Gasteiger partial charge in [-0.2, -0.15) is 5.10 Å². The van der Waals surface area contributed by atoms with Crippen LogP contribution in [0.5, 0.6) is 0 Å². The fraction of sp³-hybridized carbons (Fsp3) is 0.643. The Labute approximate surface area is 135 Å². The van der Waals surface area contributed by atoms with Crippen LogP contribution < -0.4 is 5.32 Å². The van der Waals surface area contributed by atoms with E-state index in [-0.39, 0.29) is 6.10 Å². The minimum Gasteiger partial charge on any atom is -0.374 e. The number of hydrogen-bond acceptors (Lipinski definition) is 8. The molecule has 0 amide bonds. The van der Waals surface area contributed by atoms with Crippen molar-refractivity contribution in [3.63, 3.8) is 0 Å². The lowest BCUT2D eigenvalue weighted by atomic mass is 10.2. The molecule has 0 unspecified atom stereocenters. The fourth-order valence-electron chi connectivity index (χ4n) is 2.58. The van der Waals surface area contributed by atoms with Crippen molar-refractivity contribution in [2.45, 2.75) is 32.5 Å². The van der Waals surface area contributed by atoms with Crippen molar-refractivity contribution in [2.75, 3.05) is 31.6 Å². The highest BCUT2D eigenvalue weighted by Crippen LogP contribution is 2.10. The van der Waals surface area contributed by atoms with Gasteiger partial charge in [0.25, 0.3) is 0 Å². The summed E-state index contributed by atoms with van der Waals surface area (Å²) in [6, 6.07) is 3.75. The van der Waals surface area contributed by atoms with Gasteiger partial charge in [-0.1, -0.05) is 6.92 Å². The molecule has 124 valence electrons. The molecule has 9 heteroatoms. The Hall–Kier alpha value is -2.13. The smallest absolute Gasteiger partial charge is 0.165 e. The predicted molar refractivity (Wildman–Crippen MR) is 83.6 cm³/mol. The average Bonchev–Trinajstić information content (AvgIpc) is 3.02. The second-order valence-corrected chi connectivity index (χ2v) is 5.54. The molecule has 2 aromatic heterocycles. The molecule has 1 saturated heterocycles. The molecule has 3 heterocycles. The number of nitrogens with zero attached hydrogens (tertiary/aromatic N) is 7. The summed E-state index contributed by atoms with van der Waals surface area (Å²) in [4.78, 5) is 2.32. The number of ether oxygens (including phenoxy) is 1. The third kappa shape index (κ3) is 4.42. The Balaban J connectivity index is 1.50. The highest BCUT2D eigenvalue weighted by Gasteiger charge is 2.22. The summed E-state index contributed by atoms with van der Waals surface area (Å²) in [7, 11) is 0. The van der Waals surface area contributed by atoms with Crippen LogP contribution in [0.3, 0.4) is 0 Å². The first-order valence-corrected chi connectivity index (χ1v) is 7.95. The second kappa shape index (κ2) is 7.93. The third-order valence-electron chi connectivity index (χ3n) is 3.71. The maximum absolute atomic E-state index is 5.82. The van der Waals surface area contributed by atoms with Gasteiger partial charge < -0.3 is 10.1 Å². The normalized spacial score (nSPS) is 18.9. The van der Waals surface area contributed by atoms with Gasteiger partial charge in [-0.15, -0.1) is 10.2 Å². The summed E-state index contributed by atoms with van der Waals surface area (Å²) in [6.45, 7) is 6.86. The first-order chi connectivity index (χ1) is 11.3. The van der Waals surface area contributed by atoms with Crippen LogP contribution >= 0.6 is 0 Å². The van der Waals surface area contributed by atoms with E-state index in [2.05, 4.69) is 42.9 Å². The first-order valence-electron chi connectivity index (χ1n) is 7.95. The molecule has 3 rings (SSSR count). The highest BCUT2D eigenvalue weighted by atomic mass is 16.5. The van der Waals surface area contributed by atoms with Gasteiger partial charge in [-0.25, -0.2) is 4.68 Å². The summed E-state index contributed by atoms with van der Waals surface area (Å²) < 4.78 is 7.69. The van der Waals surface area contributed by atoms with E-state index in [9.17, 15) is 0 Å². The van der Waals surface area contributed by atoms with Crippen LogP contribution in [0.2, 0.25) is 0 Å². The van der Waals surface area contributed by atoms with Crippen molar-refractivity contribution in [2.24, 2.45) is 0 Å². The van der Waals surface area contributed by atoms with Crippen molar-refractivity contribution in [1.82, 2.24) is 35.3 Å². The van der Waals surface area contributed by atoms with Gasteiger partial charge in [-0.3, -0.25) is 4.90 Å². The van der Waals surface area contributed by atoms with E-state index in [4.69, 9.17) is 4.74 Å². The van der Waals surface area contributed by atoms with E-state index in [0.717, 1.165) is 44.2 Å². The van der Waals surface area contributed by atoms with Gasteiger partial charge in [0, 0.05) is 32.4 Å². The lowest BCUT2D eigenvalue weighted by Gasteiger charge is -2.32. The maximum Gasteiger partial charge on any atom is 0.165 e. The Morgan fingerprint density at radius 3 is 3.17 bits per heavy atom. The quantitative estimate of drug-likeness (QED) is 0.773. The minimum absolute atomic E-state index is 0.112. The molecule has 1 fully saturated rings. The van der Waals surface area contributed by atoms with Crippen molar-refractivity contribution >= 4 is 5.82 Å². The maximum atomic E-state index is 5.82. The number of rotatable bonds is 7. The molecule has 0 saturated carbocycles. The zero-order valence-electron chi connectivity index (χ0n) is 13.3. The van der Waals surface area contributed by atoms with E-state index >= 15 is 0 Å². The van der Waals surface area contributed by atoms with Crippen molar-refractivity contribution in [3.05, 3.63) is 24.2 Å². The summed E-state index contributed by atoms with van der Waals surface area (Å²) >= 11 is 0. The molecule has 23 heavy (non-hydrogen) atoms. The summed E-state index contributed by atoms with van der Waals surface area (Å²) in [5.74, 6) is 1.68. The van der Waals surface area contributed by atoms with Crippen LogP contribution in [0.1, 0.15) is 19.2 Å². The number of nitrogens with one attached hydrogen (secondary N) is 1. The van der Waals surface area contributed by atoms with E-state index in [1.807, 2.05) is 16.8 Å². The molecule has 0 aliphatic carbocycles. The van der Waals surface area contributed by atoms with Crippen LogP contribution in [0, 0.1) is 0 Å². The first kappa shape index (κ1) is 15.8. The zero-order chi connectivity index (χ0) is 15.9. The van der Waals surface area contributed by atoms with Crippen molar-refractivity contribution < 1.29 is 4.74 Å². The van der Waals surface area contributed by atoms with E-state index in [1.165, 1.54) is 0 Å². The standard InChI is InChI=1S/C14H22N8O/c1-2-6-22-14(18-19-20-22)11-21-7-8-23-12(10-21)9-15-13-4-3-5-16-17-13/h3-5,12H,2,6-11H2,1H3,(H,15,17)/t12-/m1/s1. The van der Waals surface area contributed by atoms with Crippen molar-refractivity contribution in [1.29, 1.82) is 0 Å². The largest absolute Gasteiger partial charge is 0.374 e. The van der Waals surface area contributed by atoms with E-state index < -0.39 is 0 Å². The average molecular weight is 318 g/mol. The predicted octanol–water partition coefficient (Wildman–Crippen LogP) is 0.186. The van der Waals surface area contributed by atoms with Crippen LogP contribution in [-0.4, -0.2) is 67.6 Å². The van der Waals surface area contributed by atoms with Crippen molar-refractivity contribution in [3.8, 4) is 0 Å². The molecule has 0 radical (unpaired) electrons. The number of aromatic nitrogens is 6. The lowest BCUT2D eigenvalue weighted by Crippen LogP contribution is -2.45. The Kier molecular flexibility index (Phi) is 5.43. The second-order valence-electron chi connectivity index (χ2n) is 5.54. The topological polar surface area (TPSA) is 93.9 Å². The van der Waals surface area contributed by atoms with Gasteiger partial charge in [0.1, 0.15) is 5.82 Å². The summed E-state index contributed by atoms with van der Waals surface area (Å²) in [5.41, 5.74) is 0. The van der Waals surface area contributed by atoms with Gasteiger partial charge in [0.05, 0.1) is 19.3 Å². The van der Waals surface area contributed by atoms with Crippen LogP contribution in [0.4, 0.5) is 5.82 Å². The summed E-state index contributed by atoms with van der Waals surface area (Å²) in [6.07, 6.45) is 2.79. The number of aryl methyl sites for hydroxylation is 1. The van der Waals surface area contributed by atoms with Crippen LogP contribution in [0.25, 0.3) is 0 Å². The van der Waals surface area contributed by atoms with Crippen LogP contribution in [-0.2, 0) is 17.8 Å². The molecular weight excluding hydrogens is 296 g/mol. The highest BCUT2D eigenvalue weighted by molar-refractivity contribution is 5.31. The molecule has 1 aliphatic rings. The van der Waals surface area contributed by atoms with Gasteiger partial charge in [-0.05, 0) is 29.0 Å². The molecule has 1 atom stereocenters.